The van der Waals surface area contributed by atoms with Crippen LogP contribution in [0.2, 0.25) is 10.0 Å². The number of likely N-dealkylation sites (tertiary alicyclic amines) is 1. The van der Waals surface area contributed by atoms with E-state index in [2.05, 4.69) is 15.5 Å². The van der Waals surface area contributed by atoms with Gasteiger partial charge in [0.25, 0.3) is 0 Å². The third-order valence-corrected chi connectivity index (χ3v) is 6.00. The summed E-state index contributed by atoms with van der Waals surface area (Å²) in [7, 11) is 0. The van der Waals surface area contributed by atoms with E-state index in [1.54, 1.807) is 18.2 Å². The van der Waals surface area contributed by atoms with Crippen molar-refractivity contribution >= 4 is 46.4 Å². The Kier molecular flexibility index (Phi) is 7.17. The molecule has 2 amide bonds. The van der Waals surface area contributed by atoms with Crippen molar-refractivity contribution in [2.24, 2.45) is 5.92 Å². The van der Waals surface area contributed by atoms with Crippen LogP contribution in [-0.2, 0) is 9.59 Å². The van der Waals surface area contributed by atoms with Gasteiger partial charge in [0, 0.05) is 17.3 Å². The second-order valence-electron chi connectivity index (χ2n) is 7.48. The minimum Gasteiger partial charge on any atom is -0.325 e. The van der Waals surface area contributed by atoms with Crippen molar-refractivity contribution < 1.29 is 9.59 Å². The van der Waals surface area contributed by atoms with Crippen LogP contribution in [0.25, 0.3) is 0 Å². The highest BCUT2D eigenvalue weighted by molar-refractivity contribution is 6.42. The number of benzene rings is 2. The second-order valence-corrected chi connectivity index (χ2v) is 8.30. The maximum absolute atomic E-state index is 12.7. The number of carbonyl (C=O) groups is 2. The lowest BCUT2D eigenvalue weighted by molar-refractivity contribution is -0.121. The summed E-state index contributed by atoms with van der Waals surface area (Å²) in [4.78, 5) is 27.0. The molecular formula is C22H25Cl2N3O2. The molecule has 1 saturated heterocycles. The summed E-state index contributed by atoms with van der Waals surface area (Å²) in [5, 5.41) is 6.77. The van der Waals surface area contributed by atoms with Crippen LogP contribution in [0.4, 0.5) is 11.4 Å². The molecule has 0 atom stereocenters. The number of piperidine rings is 1. The predicted molar refractivity (Wildman–Crippen MR) is 119 cm³/mol. The molecule has 0 aromatic heterocycles. The number of amides is 2. The van der Waals surface area contributed by atoms with Crippen LogP contribution in [-0.4, -0.2) is 36.3 Å². The molecule has 2 N–H and O–H groups in total. The molecule has 7 heteroatoms. The molecule has 29 heavy (non-hydrogen) atoms. The van der Waals surface area contributed by atoms with Crippen LogP contribution in [0.3, 0.4) is 0 Å². The second kappa shape index (κ2) is 9.61. The normalized spacial score (nSPS) is 15.2. The molecule has 3 rings (SSSR count). The Morgan fingerprint density at radius 1 is 1.00 bits per heavy atom. The van der Waals surface area contributed by atoms with Gasteiger partial charge in [-0.2, -0.15) is 0 Å². The lowest BCUT2D eigenvalue weighted by Crippen LogP contribution is -2.41. The molecule has 1 heterocycles. The lowest BCUT2D eigenvalue weighted by atomic mass is 9.95. The van der Waals surface area contributed by atoms with Crippen molar-refractivity contribution in [1.82, 2.24) is 4.90 Å². The van der Waals surface area contributed by atoms with Crippen LogP contribution in [0.15, 0.2) is 36.4 Å². The lowest BCUT2D eigenvalue weighted by Gasteiger charge is -2.31. The number of halogens is 2. The average molecular weight is 434 g/mol. The number of nitrogens with zero attached hydrogens (tertiary/aromatic N) is 1. The topological polar surface area (TPSA) is 61.4 Å². The fourth-order valence-corrected chi connectivity index (χ4v) is 3.87. The van der Waals surface area contributed by atoms with E-state index in [9.17, 15) is 9.59 Å². The first-order valence-electron chi connectivity index (χ1n) is 9.68. The maximum Gasteiger partial charge on any atom is 0.238 e. The molecular weight excluding hydrogens is 409 g/mol. The number of anilines is 2. The first-order valence-corrected chi connectivity index (χ1v) is 10.4. The zero-order valence-corrected chi connectivity index (χ0v) is 18.1. The van der Waals surface area contributed by atoms with Crippen LogP contribution in [0, 0.1) is 19.8 Å². The largest absolute Gasteiger partial charge is 0.325 e. The SMILES string of the molecule is Cc1cccc(C)c1NC(=O)C1CCN(CC(=O)Nc2ccc(Cl)c(Cl)c2)CC1. The van der Waals surface area contributed by atoms with Gasteiger partial charge < -0.3 is 10.6 Å². The van der Waals surface area contributed by atoms with Crippen molar-refractivity contribution in [3.63, 3.8) is 0 Å². The Morgan fingerprint density at radius 3 is 2.28 bits per heavy atom. The molecule has 0 saturated carbocycles. The number of hydrogen-bond donors (Lipinski definition) is 2. The molecule has 0 bridgehead atoms. The van der Waals surface area contributed by atoms with E-state index in [1.807, 2.05) is 32.0 Å². The number of carbonyl (C=O) groups excluding carboxylic acids is 2. The fraction of sp³-hybridized carbons (Fsp3) is 0.364. The monoisotopic (exact) mass is 433 g/mol. The van der Waals surface area contributed by atoms with E-state index in [1.165, 1.54) is 0 Å². The van der Waals surface area contributed by atoms with Gasteiger partial charge in [-0.05, 0) is 69.1 Å². The van der Waals surface area contributed by atoms with Gasteiger partial charge in [-0.25, -0.2) is 0 Å². The van der Waals surface area contributed by atoms with Crippen LogP contribution in [0.1, 0.15) is 24.0 Å². The summed E-state index contributed by atoms with van der Waals surface area (Å²) in [6, 6.07) is 11.0. The number of hydrogen-bond acceptors (Lipinski definition) is 3. The van der Waals surface area contributed by atoms with E-state index >= 15 is 0 Å². The van der Waals surface area contributed by atoms with Gasteiger partial charge in [-0.15, -0.1) is 0 Å². The highest BCUT2D eigenvalue weighted by atomic mass is 35.5. The molecule has 0 unspecified atom stereocenters. The molecule has 2 aromatic carbocycles. The van der Waals surface area contributed by atoms with Crippen LogP contribution in [0.5, 0.6) is 0 Å². The molecule has 154 valence electrons. The summed E-state index contributed by atoms with van der Waals surface area (Å²) in [5.41, 5.74) is 3.65. The number of rotatable bonds is 5. The van der Waals surface area contributed by atoms with Gasteiger partial charge >= 0.3 is 0 Å². The van der Waals surface area contributed by atoms with Crippen molar-refractivity contribution in [2.75, 3.05) is 30.3 Å². The standard InChI is InChI=1S/C22H25Cl2N3O2/c1-14-4-3-5-15(2)21(14)26-22(29)16-8-10-27(11-9-16)13-20(28)25-17-6-7-18(23)19(24)12-17/h3-7,12,16H,8-11,13H2,1-2H3,(H,25,28)(H,26,29). The molecule has 0 radical (unpaired) electrons. The van der Waals surface area contributed by atoms with E-state index in [-0.39, 0.29) is 24.3 Å². The van der Waals surface area contributed by atoms with Crippen molar-refractivity contribution in [3.05, 3.63) is 57.6 Å². The van der Waals surface area contributed by atoms with Gasteiger partial charge in [0.1, 0.15) is 0 Å². The van der Waals surface area contributed by atoms with Crippen molar-refractivity contribution in [2.45, 2.75) is 26.7 Å². The molecule has 1 fully saturated rings. The van der Waals surface area contributed by atoms with Crippen LogP contribution < -0.4 is 10.6 Å². The van der Waals surface area contributed by atoms with Gasteiger partial charge in [0.05, 0.1) is 16.6 Å². The Morgan fingerprint density at radius 2 is 1.66 bits per heavy atom. The third kappa shape index (κ3) is 5.72. The summed E-state index contributed by atoms with van der Waals surface area (Å²) in [6.07, 6.45) is 1.47. The van der Waals surface area contributed by atoms with Crippen LogP contribution >= 0.6 is 23.2 Å². The summed E-state index contributed by atoms with van der Waals surface area (Å²) < 4.78 is 0. The minimum atomic E-state index is -0.109. The summed E-state index contributed by atoms with van der Waals surface area (Å²) in [5.74, 6) is -0.0903. The first kappa shape index (κ1) is 21.6. The fourth-order valence-electron chi connectivity index (χ4n) is 3.57. The number of nitrogens with one attached hydrogen (secondary N) is 2. The Hall–Kier alpha value is -2.08. The highest BCUT2D eigenvalue weighted by Gasteiger charge is 2.26. The van der Waals surface area contributed by atoms with Crippen molar-refractivity contribution in [1.29, 1.82) is 0 Å². The van der Waals surface area contributed by atoms with E-state index < -0.39 is 0 Å². The summed E-state index contributed by atoms with van der Waals surface area (Å²) in [6.45, 7) is 5.69. The van der Waals surface area contributed by atoms with Crippen molar-refractivity contribution in [3.8, 4) is 0 Å². The Balaban J connectivity index is 1.48. The van der Waals surface area contributed by atoms with E-state index in [0.717, 1.165) is 29.7 Å². The van der Waals surface area contributed by atoms with Gasteiger partial charge in [-0.1, -0.05) is 41.4 Å². The molecule has 0 aliphatic carbocycles. The maximum atomic E-state index is 12.7. The highest BCUT2D eigenvalue weighted by Crippen LogP contribution is 2.26. The van der Waals surface area contributed by atoms with Gasteiger partial charge in [0.15, 0.2) is 0 Å². The molecule has 2 aromatic rings. The average Bonchev–Trinajstić information content (AvgIpc) is 2.68. The van der Waals surface area contributed by atoms with Gasteiger partial charge in [0.2, 0.25) is 11.8 Å². The Labute approximate surface area is 181 Å². The number of aryl methyl sites for hydroxylation is 2. The molecule has 1 aliphatic heterocycles. The third-order valence-electron chi connectivity index (χ3n) is 5.26. The molecule has 1 aliphatic rings. The van der Waals surface area contributed by atoms with E-state index in [4.69, 9.17) is 23.2 Å². The molecule has 5 nitrogen and oxygen atoms in total. The molecule has 0 spiro atoms. The predicted octanol–water partition coefficient (Wildman–Crippen LogP) is 4.90. The zero-order chi connectivity index (χ0) is 21.0. The van der Waals surface area contributed by atoms with Gasteiger partial charge in [-0.3, -0.25) is 14.5 Å². The first-order chi connectivity index (χ1) is 13.8. The van der Waals surface area contributed by atoms with E-state index in [0.29, 0.717) is 28.8 Å². The zero-order valence-electron chi connectivity index (χ0n) is 16.6. The number of para-hydroxylation sites is 1. The quantitative estimate of drug-likeness (QED) is 0.704. The minimum absolute atomic E-state index is 0.0385. The smallest absolute Gasteiger partial charge is 0.238 e. The summed E-state index contributed by atoms with van der Waals surface area (Å²) >= 11 is 11.9. The Bertz CT molecular complexity index is 889.